The molecule has 104 valence electrons. The Balaban J connectivity index is 2.14. The van der Waals surface area contributed by atoms with E-state index < -0.39 is 0 Å². The Labute approximate surface area is 123 Å². The van der Waals surface area contributed by atoms with Gasteiger partial charge in [0.05, 0.1) is 11.3 Å². The molecule has 0 atom stereocenters. The highest BCUT2D eigenvalue weighted by Crippen LogP contribution is 2.18. The van der Waals surface area contributed by atoms with E-state index in [0.717, 1.165) is 18.7 Å². The Morgan fingerprint density at radius 3 is 2.70 bits per heavy atom. The molecule has 0 aliphatic rings. The molecule has 0 bridgehead atoms. The first kappa shape index (κ1) is 14.3. The monoisotopic (exact) mass is 289 g/mol. The molecule has 5 heteroatoms. The molecule has 1 aromatic carbocycles. The summed E-state index contributed by atoms with van der Waals surface area (Å²) in [6, 6.07) is 8.78. The van der Waals surface area contributed by atoms with E-state index in [9.17, 15) is 4.79 Å². The molecule has 1 heterocycles. The SMILES string of the molecule is CCCNc1ccncc1C(=O)Nc1ccc(Cl)cc1. The summed E-state index contributed by atoms with van der Waals surface area (Å²) in [6.45, 7) is 2.88. The van der Waals surface area contributed by atoms with Crippen LogP contribution in [-0.4, -0.2) is 17.4 Å². The van der Waals surface area contributed by atoms with Crippen molar-refractivity contribution in [2.45, 2.75) is 13.3 Å². The van der Waals surface area contributed by atoms with E-state index in [1.807, 2.05) is 0 Å². The van der Waals surface area contributed by atoms with E-state index in [1.165, 1.54) is 0 Å². The second-order valence-corrected chi connectivity index (χ2v) is 4.75. The van der Waals surface area contributed by atoms with Crippen molar-refractivity contribution in [3.05, 3.63) is 53.3 Å². The molecular weight excluding hydrogens is 274 g/mol. The summed E-state index contributed by atoms with van der Waals surface area (Å²) < 4.78 is 0. The number of amides is 1. The predicted octanol–water partition coefficient (Wildman–Crippen LogP) is 3.81. The Kier molecular flexibility index (Phi) is 4.96. The molecule has 2 N–H and O–H groups in total. The maximum atomic E-state index is 12.3. The lowest BCUT2D eigenvalue weighted by Crippen LogP contribution is -2.15. The molecule has 1 aromatic heterocycles. The zero-order valence-electron chi connectivity index (χ0n) is 11.2. The van der Waals surface area contributed by atoms with Gasteiger partial charge in [-0.2, -0.15) is 0 Å². The maximum absolute atomic E-state index is 12.3. The molecule has 0 unspecified atom stereocenters. The van der Waals surface area contributed by atoms with Gasteiger partial charge in [-0.1, -0.05) is 18.5 Å². The zero-order valence-corrected chi connectivity index (χ0v) is 11.9. The van der Waals surface area contributed by atoms with Crippen molar-refractivity contribution >= 4 is 28.9 Å². The molecule has 20 heavy (non-hydrogen) atoms. The van der Waals surface area contributed by atoms with Gasteiger partial charge in [0.15, 0.2) is 0 Å². The van der Waals surface area contributed by atoms with Crippen molar-refractivity contribution < 1.29 is 4.79 Å². The van der Waals surface area contributed by atoms with Gasteiger partial charge in [0.2, 0.25) is 0 Å². The molecule has 0 saturated carbocycles. The van der Waals surface area contributed by atoms with Crippen LogP contribution in [0.1, 0.15) is 23.7 Å². The highest BCUT2D eigenvalue weighted by atomic mass is 35.5. The molecular formula is C15H16ClN3O. The third kappa shape index (κ3) is 3.71. The van der Waals surface area contributed by atoms with Crippen LogP contribution in [0.3, 0.4) is 0 Å². The van der Waals surface area contributed by atoms with Gasteiger partial charge in [0, 0.05) is 29.6 Å². The number of aromatic nitrogens is 1. The second kappa shape index (κ2) is 6.91. The summed E-state index contributed by atoms with van der Waals surface area (Å²) >= 11 is 5.81. The highest BCUT2D eigenvalue weighted by molar-refractivity contribution is 6.30. The fourth-order valence-corrected chi connectivity index (χ4v) is 1.85. The first-order valence-corrected chi connectivity index (χ1v) is 6.83. The van der Waals surface area contributed by atoms with Gasteiger partial charge >= 0.3 is 0 Å². The summed E-state index contributed by atoms with van der Waals surface area (Å²) in [7, 11) is 0. The lowest BCUT2D eigenvalue weighted by Gasteiger charge is -2.11. The van der Waals surface area contributed by atoms with Crippen molar-refractivity contribution in [3.8, 4) is 0 Å². The van der Waals surface area contributed by atoms with Crippen molar-refractivity contribution in [1.82, 2.24) is 4.98 Å². The number of hydrogen-bond acceptors (Lipinski definition) is 3. The van der Waals surface area contributed by atoms with Crippen LogP contribution >= 0.6 is 11.6 Å². The number of carbonyl (C=O) groups is 1. The van der Waals surface area contributed by atoms with E-state index in [1.54, 1.807) is 42.7 Å². The minimum Gasteiger partial charge on any atom is -0.384 e. The van der Waals surface area contributed by atoms with E-state index in [-0.39, 0.29) is 5.91 Å². The van der Waals surface area contributed by atoms with Crippen molar-refractivity contribution in [3.63, 3.8) is 0 Å². The summed E-state index contributed by atoms with van der Waals surface area (Å²) in [5.41, 5.74) is 2.01. The second-order valence-electron chi connectivity index (χ2n) is 4.31. The molecule has 0 fully saturated rings. The first-order valence-electron chi connectivity index (χ1n) is 6.45. The zero-order chi connectivity index (χ0) is 14.4. The lowest BCUT2D eigenvalue weighted by molar-refractivity contribution is 0.102. The number of nitrogens with zero attached hydrogens (tertiary/aromatic N) is 1. The first-order chi connectivity index (χ1) is 9.70. The quantitative estimate of drug-likeness (QED) is 0.880. The van der Waals surface area contributed by atoms with Crippen LogP contribution in [0, 0.1) is 0 Å². The molecule has 0 aliphatic carbocycles. The number of anilines is 2. The van der Waals surface area contributed by atoms with E-state index >= 15 is 0 Å². The molecule has 1 amide bonds. The Morgan fingerprint density at radius 1 is 1.25 bits per heavy atom. The van der Waals surface area contributed by atoms with Crippen LogP contribution in [0.25, 0.3) is 0 Å². The summed E-state index contributed by atoms with van der Waals surface area (Å²) in [5, 5.41) is 6.68. The number of nitrogens with one attached hydrogen (secondary N) is 2. The summed E-state index contributed by atoms with van der Waals surface area (Å²) in [6.07, 6.45) is 4.21. The number of rotatable bonds is 5. The number of benzene rings is 1. The number of hydrogen-bond donors (Lipinski definition) is 2. The van der Waals surface area contributed by atoms with Crippen LogP contribution in [-0.2, 0) is 0 Å². The maximum Gasteiger partial charge on any atom is 0.259 e. The molecule has 0 aliphatic heterocycles. The van der Waals surface area contributed by atoms with Crippen LogP contribution in [0.15, 0.2) is 42.7 Å². The molecule has 2 aromatic rings. The topological polar surface area (TPSA) is 54.0 Å². The average molecular weight is 290 g/mol. The van der Waals surface area contributed by atoms with E-state index in [0.29, 0.717) is 16.3 Å². The fourth-order valence-electron chi connectivity index (χ4n) is 1.72. The summed E-state index contributed by atoms with van der Waals surface area (Å²) in [4.78, 5) is 16.3. The minimum atomic E-state index is -0.195. The largest absolute Gasteiger partial charge is 0.384 e. The van der Waals surface area contributed by atoms with Gasteiger partial charge in [-0.05, 0) is 36.8 Å². The third-order valence-corrected chi connectivity index (χ3v) is 2.99. The average Bonchev–Trinajstić information content (AvgIpc) is 2.47. The van der Waals surface area contributed by atoms with Crippen molar-refractivity contribution in [2.24, 2.45) is 0 Å². The smallest absolute Gasteiger partial charge is 0.259 e. The number of pyridine rings is 1. The molecule has 0 saturated heterocycles. The normalized spacial score (nSPS) is 10.1. The molecule has 0 radical (unpaired) electrons. The van der Waals surface area contributed by atoms with Crippen molar-refractivity contribution in [1.29, 1.82) is 0 Å². The Morgan fingerprint density at radius 2 is 2.00 bits per heavy atom. The third-order valence-electron chi connectivity index (χ3n) is 2.73. The van der Waals surface area contributed by atoms with Gasteiger partial charge in [-0.15, -0.1) is 0 Å². The Bertz CT molecular complexity index is 584. The van der Waals surface area contributed by atoms with Crippen molar-refractivity contribution in [2.75, 3.05) is 17.2 Å². The lowest BCUT2D eigenvalue weighted by atomic mass is 10.2. The molecule has 0 spiro atoms. The minimum absolute atomic E-state index is 0.195. The van der Waals surface area contributed by atoms with E-state index in [4.69, 9.17) is 11.6 Å². The molecule has 4 nitrogen and oxygen atoms in total. The number of halogens is 1. The predicted molar refractivity (Wildman–Crippen MR) is 82.4 cm³/mol. The van der Waals surface area contributed by atoms with Gasteiger partial charge in [0.1, 0.15) is 0 Å². The highest BCUT2D eigenvalue weighted by Gasteiger charge is 2.11. The van der Waals surface area contributed by atoms with Gasteiger partial charge in [-0.25, -0.2) is 0 Å². The molecule has 2 rings (SSSR count). The van der Waals surface area contributed by atoms with Crippen LogP contribution < -0.4 is 10.6 Å². The van der Waals surface area contributed by atoms with Gasteiger partial charge in [0.25, 0.3) is 5.91 Å². The van der Waals surface area contributed by atoms with Crippen LogP contribution in [0.5, 0.6) is 0 Å². The Hall–Kier alpha value is -2.07. The summed E-state index contributed by atoms with van der Waals surface area (Å²) in [5.74, 6) is -0.195. The van der Waals surface area contributed by atoms with Gasteiger partial charge in [-0.3, -0.25) is 9.78 Å². The fraction of sp³-hybridized carbons (Fsp3) is 0.200. The van der Waals surface area contributed by atoms with Gasteiger partial charge < -0.3 is 10.6 Å². The standard InChI is InChI=1S/C15H16ClN3O/c1-2-8-18-14-7-9-17-10-13(14)15(20)19-12-5-3-11(16)4-6-12/h3-7,9-10H,2,8H2,1H3,(H,17,18)(H,19,20). The van der Waals surface area contributed by atoms with E-state index in [2.05, 4.69) is 22.5 Å². The van der Waals surface area contributed by atoms with Crippen LogP contribution in [0.2, 0.25) is 5.02 Å². The number of carbonyl (C=O) groups excluding carboxylic acids is 1. The van der Waals surface area contributed by atoms with Crippen LogP contribution in [0.4, 0.5) is 11.4 Å².